The van der Waals surface area contributed by atoms with Gasteiger partial charge in [0.2, 0.25) is 5.89 Å². The number of oxazole rings is 1. The van der Waals surface area contributed by atoms with E-state index in [0.29, 0.717) is 6.04 Å². The van der Waals surface area contributed by atoms with Gasteiger partial charge in [-0.2, -0.15) is 11.8 Å². The summed E-state index contributed by atoms with van der Waals surface area (Å²) < 4.78 is 5.36. The average molecular weight is 198 g/mol. The van der Waals surface area contributed by atoms with Gasteiger partial charge < -0.3 is 9.73 Å². The van der Waals surface area contributed by atoms with Gasteiger partial charge in [0.15, 0.2) is 0 Å². The molecule has 1 fully saturated rings. The Morgan fingerprint density at radius 3 is 3.31 bits per heavy atom. The molecule has 1 aliphatic heterocycles. The Morgan fingerprint density at radius 2 is 2.69 bits per heavy atom. The Hall–Kier alpha value is -0.480. The smallest absolute Gasteiger partial charge is 0.208 e. The first kappa shape index (κ1) is 9.09. The molecule has 0 aromatic carbocycles. The van der Waals surface area contributed by atoms with Crippen LogP contribution < -0.4 is 5.32 Å². The van der Waals surface area contributed by atoms with Crippen LogP contribution in [0.25, 0.3) is 0 Å². The van der Waals surface area contributed by atoms with Gasteiger partial charge in [0.1, 0.15) is 5.76 Å². The molecule has 72 valence electrons. The summed E-state index contributed by atoms with van der Waals surface area (Å²) in [7, 11) is 0. The highest BCUT2D eigenvalue weighted by Gasteiger charge is 2.15. The molecule has 1 aliphatic rings. The van der Waals surface area contributed by atoms with Crippen LogP contribution in [0.1, 0.15) is 18.1 Å². The second kappa shape index (κ2) is 4.15. The van der Waals surface area contributed by atoms with Crippen LogP contribution >= 0.6 is 11.8 Å². The SMILES string of the molecule is Cc1cnc(CNC2CCSC2)o1. The lowest BCUT2D eigenvalue weighted by atomic mass is 10.3. The molecular weight excluding hydrogens is 184 g/mol. The number of aromatic nitrogens is 1. The third kappa shape index (κ3) is 2.48. The van der Waals surface area contributed by atoms with Crippen LogP contribution in [0.15, 0.2) is 10.6 Å². The summed E-state index contributed by atoms with van der Waals surface area (Å²) in [6, 6.07) is 0.650. The summed E-state index contributed by atoms with van der Waals surface area (Å²) in [5.74, 6) is 4.19. The van der Waals surface area contributed by atoms with Gasteiger partial charge in [-0.1, -0.05) is 0 Å². The van der Waals surface area contributed by atoms with Gasteiger partial charge in [-0.3, -0.25) is 0 Å². The van der Waals surface area contributed by atoms with Crippen LogP contribution in [0.3, 0.4) is 0 Å². The van der Waals surface area contributed by atoms with Crippen molar-refractivity contribution in [2.75, 3.05) is 11.5 Å². The minimum absolute atomic E-state index is 0.650. The van der Waals surface area contributed by atoms with Crippen molar-refractivity contribution >= 4 is 11.8 Å². The van der Waals surface area contributed by atoms with E-state index in [9.17, 15) is 0 Å². The second-order valence-electron chi connectivity index (χ2n) is 3.31. The van der Waals surface area contributed by atoms with Crippen molar-refractivity contribution in [1.82, 2.24) is 10.3 Å². The predicted molar refractivity (Wildman–Crippen MR) is 53.8 cm³/mol. The molecular formula is C9H14N2OS. The fraction of sp³-hybridized carbons (Fsp3) is 0.667. The third-order valence-electron chi connectivity index (χ3n) is 2.14. The molecule has 1 aromatic heterocycles. The van der Waals surface area contributed by atoms with E-state index < -0.39 is 0 Å². The van der Waals surface area contributed by atoms with E-state index in [1.807, 2.05) is 18.7 Å². The number of aryl methyl sites for hydroxylation is 1. The van der Waals surface area contributed by atoms with Gasteiger partial charge >= 0.3 is 0 Å². The minimum Gasteiger partial charge on any atom is -0.445 e. The molecule has 1 N–H and O–H groups in total. The standard InChI is InChI=1S/C9H14N2OS/c1-7-4-11-9(12-7)5-10-8-2-3-13-6-8/h4,8,10H,2-3,5-6H2,1H3. The van der Waals surface area contributed by atoms with Crippen molar-refractivity contribution < 1.29 is 4.42 Å². The Balaban J connectivity index is 1.78. The Bertz CT molecular complexity index is 268. The zero-order valence-corrected chi connectivity index (χ0v) is 8.56. The van der Waals surface area contributed by atoms with Crippen molar-refractivity contribution in [1.29, 1.82) is 0 Å². The molecule has 0 bridgehead atoms. The Morgan fingerprint density at radius 1 is 1.77 bits per heavy atom. The lowest BCUT2D eigenvalue weighted by Crippen LogP contribution is -2.28. The first-order valence-corrected chi connectivity index (χ1v) is 5.72. The normalized spacial score (nSPS) is 22.4. The topological polar surface area (TPSA) is 38.1 Å². The summed E-state index contributed by atoms with van der Waals surface area (Å²) in [5.41, 5.74) is 0. The molecule has 1 saturated heterocycles. The molecule has 0 spiro atoms. The van der Waals surface area contributed by atoms with Crippen molar-refractivity contribution in [3.63, 3.8) is 0 Å². The molecule has 13 heavy (non-hydrogen) atoms. The molecule has 3 nitrogen and oxygen atoms in total. The highest BCUT2D eigenvalue weighted by atomic mass is 32.2. The third-order valence-corrected chi connectivity index (χ3v) is 3.30. The molecule has 0 amide bonds. The zero-order chi connectivity index (χ0) is 9.10. The first-order valence-electron chi connectivity index (χ1n) is 4.57. The molecule has 0 radical (unpaired) electrons. The summed E-state index contributed by atoms with van der Waals surface area (Å²) in [6.45, 7) is 2.68. The molecule has 1 atom stereocenters. The predicted octanol–water partition coefficient (Wildman–Crippen LogP) is 1.58. The van der Waals surface area contributed by atoms with Gasteiger partial charge in [0, 0.05) is 11.8 Å². The van der Waals surface area contributed by atoms with Crippen LogP contribution in [0.5, 0.6) is 0 Å². The number of thioether (sulfide) groups is 1. The highest BCUT2D eigenvalue weighted by Crippen LogP contribution is 2.17. The second-order valence-corrected chi connectivity index (χ2v) is 4.46. The first-order chi connectivity index (χ1) is 6.34. The monoisotopic (exact) mass is 198 g/mol. The van der Waals surface area contributed by atoms with E-state index in [0.717, 1.165) is 18.2 Å². The summed E-state index contributed by atoms with van der Waals surface area (Å²) in [5, 5.41) is 3.43. The highest BCUT2D eigenvalue weighted by molar-refractivity contribution is 7.99. The maximum absolute atomic E-state index is 5.36. The van der Waals surface area contributed by atoms with Crippen molar-refractivity contribution in [3.8, 4) is 0 Å². The van der Waals surface area contributed by atoms with E-state index in [-0.39, 0.29) is 0 Å². The van der Waals surface area contributed by atoms with Crippen LogP contribution in [-0.4, -0.2) is 22.5 Å². The molecule has 2 heterocycles. The quantitative estimate of drug-likeness (QED) is 0.800. The lowest BCUT2D eigenvalue weighted by Gasteiger charge is -2.07. The lowest BCUT2D eigenvalue weighted by molar-refractivity contribution is 0.430. The van der Waals surface area contributed by atoms with Gasteiger partial charge in [-0.15, -0.1) is 0 Å². The number of hydrogen-bond donors (Lipinski definition) is 1. The molecule has 1 unspecified atom stereocenters. The van der Waals surface area contributed by atoms with Crippen molar-refractivity contribution in [2.45, 2.75) is 25.9 Å². The Kier molecular flexibility index (Phi) is 2.90. The van der Waals surface area contributed by atoms with Crippen molar-refractivity contribution in [2.24, 2.45) is 0 Å². The molecule has 2 rings (SSSR count). The molecule has 0 aliphatic carbocycles. The van der Waals surface area contributed by atoms with Crippen LogP contribution in [0, 0.1) is 6.92 Å². The summed E-state index contributed by atoms with van der Waals surface area (Å²) >= 11 is 2.01. The fourth-order valence-corrected chi connectivity index (χ4v) is 2.60. The molecule has 4 heteroatoms. The van der Waals surface area contributed by atoms with Crippen LogP contribution in [0.2, 0.25) is 0 Å². The maximum Gasteiger partial charge on any atom is 0.208 e. The maximum atomic E-state index is 5.36. The number of rotatable bonds is 3. The number of nitrogens with zero attached hydrogens (tertiary/aromatic N) is 1. The number of nitrogens with one attached hydrogen (secondary N) is 1. The van der Waals surface area contributed by atoms with E-state index in [2.05, 4.69) is 10.3 Å². The molecule has 0 saturated carbocycles. The van der Waals surface area contributed by atoms with E-state index in [1.165, 1.54) is 17.9 Å². The minimum atomic E-state index is 0.650. The van der Waals surface area contributed by atoms with Gasteiger partial charge in [-0.25, -0.2) is 4.98 Å². The van der Waals surface area contributed by atoms with Gasteiger partial charge in [0.05, 0.1) is 12.7 Å². The van der Waals surface area contributed by atoms with Gasteiger partial charge in [-0.05, 0) is 19.1 Å². The Labute approximate surface area is 82.3 Å². The summed E-state index contributed by atoms with van der Waals surface area (Å²) in [4.78, 5) is 4.14. The van der Waals surface area contributed by atoms with Gasteiger partial charge in [0.25, 0.3) is 0 Å². The number of hydrogen-bond acceptors (Lipinski definition) is 4. The fourth-order valence-electron chi connectivity index (χ4n) is 1.41. The van der Waals surface area contributed by atoms with Crippen LogP contribution in [0.4, 0.5) is 0 Å². The zero-order valence-electron chi connectivity index (χ0n) is 7.75. The van der Waals surface area contributed by atoms with E-state index in [4.69, 9.17) is 4.42 Å². The molecule has 1 aromatic rings. The van der Waals surface area contributed by atoms with E-state index >= 15 is 0 Å². The summed E-state index contributed by atoms with van der Waals surface area (Å²) in [6.07, 6.45) is 3.03. The van der Waals surface area contributed by atoms with Crippen LogP contribution in [-0.2, 0) is 6.54 Å². The van der Waals surface area contributed by atoms with E-state index in [1.54, 1.807) is 6.20 Å². The largest absolute Gasteiger partial charge is 0.445 e. The average Bonchev–Trinajstić information content (AvgIpc) is 2.71. The van der Waals surface area contributed by atoms with Crippen molar-refractivity contribution in [3.05, 3.63) is 17.8 Å².